The van der Waals surface area contributed by atoms with Gasteiger partial charge in [0.15, 0.2) is 10.3 Å². The van der Waals surface area contributed by atoms with Gasteiger partial charge >= 0.3 is 0 Å². The van der Waals surface area contributed by atoms with Gasteiger partial charge in [0.25, 0.3) is 0 Å². The molecule has 1 fully saturated rings. The van der Waals surface area contributed by atoms with E-state index in [4.69, 9.17) is 12.2 Å². The van der Waals surface area contributed by atoms with Gasteiger partial charge in [-0.3, -0.25) is 0 Å². The molecule has 0 aliphatic carbocycles. The van der Waals surface area contributed by atoms with E-state index in [9.17, 15) is 0 Å². The van der Waals surface area contributed by atoms with Crippen molar-refractivity contribution >= 4 is 40.9 Å². The molecule has 0 saturated carbocycles. The number of aromatic nitrogens is 4. The Bertz CT molecular complexity index is 741. The number of nitrogens with one attached hydrogen (secondary N) is 2. The van der Waals surface area contributed by atoms with Gasteiger partial charge in [-0.1, -0.05) is 6.92 Å². The Labute approximate surface area is 163 Å². The molecule has 1 saturated heterocycles. The van der Waals surface area contributed by atoms with Crippen molar-refractivity contribution in [2.45, 2.75) is 36.9 Å². The highest BCUT2D eigenvalue weighted by molar-refractivity contribution is 7.99. The fraction of sp³-hybridized carbons (Fsp3) is 0.471. The predicted octanol–water partition coefficient (Wildman–Crippen LogP) is 2.96. The number of anilines is 2. The Morgan fingerprint density at radius 2 is 2.15 bits per heavy atom. The summed E-state index contributed by atoms with van der Waals surface area (Å²) in [5.74, 6) is 2.06. The summed E-state index contributed by atoms with van der Waals surface area (Å²) < 4.78 is 0. The summed E-state index contributed by atoms with van der Waals surface area (Å²) in [6.07, 6.45) is 5.89. The van der Waals surface area contributed by atoms with Crippen molar-refractivity contribution in [3.8, 4) is 0 Å². The van der Waals surface area contributed by atoms with Crippen LogP contribution in [-0.4, -0.2) is 44.7 Å². The van der Waals surface area contributed by atoms with Crippen molar-refractivity contribution in [1.29, 1.82) is 0 Å². The zero-order valence-corrected chi connectivity index (χ0v) is 16.6. The zero-order valence-electron chi connectivity index (χ0n) is 15.0. The maximum Gasteiger partial charge on any atom is 0.232 e. The van der Waals surface area contributed by atoms with Crippen LogP contribution in [0.1, 0.15) is 26.7 Å². The first kappa shape index (κ1) is 18.8. The fourth-order valence-corrected chi connectivity index (χ4v) is 3.76. The van der Waals surface area contributed by atoms with Gasteiger partial charge < -0.3 is 15.5 Å². The lowest BCUT2D eigenvalue weighted by atomic mass is 10.0. The van der Waals surface area contributed by atoms with Crippen LogP contribution in [0.15, 0.2) is 34.7 Å². The molecule has 138 valence electrons. The third-order valence-corrected chi connectivity index (χ3v) is 5.03. The molecule has 0 amide bonds. The van der Waals surface area contributed by atoms with Gasteiger partial charge in [-0.05, 0) is 55.7 Å². The van der Waals surface area contributed by atoms with E-state index in [0.717, 1.165) is 30.5 Å². The molecular weight excluding hydrogens is 366 g/mol. The molecule has 0 aromatic carbocycles. The second-order valence-electron chi connectivity index (χ2n) is 6.20. The standard InChI is InChI=1S/C17H23N7S2/c1-3-18-16(25)23-15-21-13(24-9-4-6-12(2)11-24)10-14(22-15)26-17-19-7-5-8-20-17/h5,7-8,10,12H,3-4,6,9,11H2,1-2H3,(H2,18,21,22,23,25)/t12-/m1/s1. The van der Waals surface area contributed by atoms with Crippen molar-refractivity contribution in [1.82, 2.24) is 25.3 Å². The van der Waals surface area contributed by atoms with Crippen molar-refractivity contribution in [3.63, 3.8) is 0 Å². The Hall–Kier alpha value is -2.00. The van der Waals surface area contributed by atoms with Crippen LogP contribution in [-0.2, 0) is 0 Å². The highest BCUT2D eigenvalue weighted by Gasteiger charge is 2.19. The number of thiocarbonyl (C=S) groups is 1. The highest BCUT2D eigenvalue weighted by atomic mass is 32.2. The van der Waals surface area contributed by atoms with Crippen LogP contribution in [0, 0.1) is 5.92 Å². The summed E-state index contributed by atoms with van der Waals surface area (Å²) in [4.78, 5) is 20.1. The molecule has 3 rings (SSSR count). The van der Waals surface area contributed by atoms with E-state index in [1.807, 2.05) is 13.0 Å². The summed E-state index contributed by atoms with van der Waals surface area (Å²) in [7, 11) is 0. The molecular formula is C17H23N7S2. The van der Waals surface area contributed by atoms with Crippen molar-refractivity contribution in [2.75, 3.05) is 29.9 Å². The van der Waals surface area contributed by atoms with E-state index in [2.05, 4.69) is 42.4 Å². The minimum Gasteiger partial charge on any atom is -0.363 e. The Kier molecular flexibility index (Phi) is 6.56. The molecule has 0 unspecified atom stereocenters. The summed E-state index contributed by atoms with van der Waals surface area (Å²) >= 11 is 6.70. The smallest absolute Gasteiger partial charge is 0.232 e. The van der Waals surface area contributed by atoms with Crippen molar-refractivity contribution < 1.29 is 0 Å². The molecule has 2 aromatic rings. The van der Waals surface area contributed by atoms with Crippen LogP contribution in [0.2, 0.25) is 0 Å². The molecule has 1 aliphatic rings. The Morgan fingerprint density at radius 1 is 1.35 bits per heavy atom. The van der Waals surface area contributed by atoms with Gasteiger partial charge in [-0.2, -0.15) is 4.98 Å². The minimum absolute atomic E-state index is 0.491. The molecule has 2 N–H and O–H groups in total. The van der Waals surface area contributed by atoms with E-state index in [1.54, 1.807) is 18.5 Å². The summed E-state index contributed by atoms with van der Waals surface area (Å²) in [5.41, 5.74) is 0. The second-order valence-corrected chi connectivity index (χ2v) is 7.60. The van der Waals surface area contributed by atoms with Gasteiger partial charge in [0.2, 0.25) is 5.95 Å². The van der Waals surface area contributed by atoms with Gasteiger partial charge in [-0.15, -0.1) is 0 Å². The number of rotatable bonds is 5. The van der Waals surface area contributed by atoms with Crippen LogP contribution < -0.4 is 15.5 Å². The molecule has 0 bridgehead atoms. The lowest BCUT2D eigenvalue weighted by molar-refractivity contribution is 0.444. The van der Waals surface area contributed by atoms with Gasteiger partial charge in [-0.25, -0.2) is 15.0 Å². The molecule has 0 radical (unpaired) electrons. The lowest BCUT2D eigenvalue weighted by Crippen LogP contribution is -2.35. The third-order valence-electron chi connectivity index (χ3n) is 3.97. The Morgan fingerprint density at radius 3 is 2.88 bits per heavy atom. The molecule has 26 heavy (non-hydrogen) atoms. The van der Waals surface area contributed by atoms with Crippen LogP contribution in [0.5, 0.6) is 0 Å². The van der Waals surface area contributed by atoms with E-state index >= 15 is 0 Å². The molecule has 9 heteroatoms. The van der Waals surface area contributed by atoms with Gasteiger partial charge in [0.05, 0.1) is 0 Å². The predicted molar refractivity (Wildman–Crippen MR) is 109 cm³/mol. The van der Waals surface area contributed by atoms with E-state index < -0.39 is 0 Å². The average molecular weight is 390 g/mol. The average Bonchev–Trinajstić information content (AvgIpc) is 2.62. The zero-order chi connectivity index (χ0) is 18.4. The maximum atomic E-state index is 5.28. The van der Waals surface area contributed by atoms with E-state index in [1.165, 1.54) is 24.6 Å². The van der Waals surface area contributed by atoms with Crippen LogP contribution in [0.25, 0.3) is 0 Å². The third kappa shape index (κ3) is 5.25. The summed E-state index contributed by atoms with van der Waals surface area (Å²) in [6, 6.07) is 3.80. The number of piperidine rings is 1. The molecule has 1 aliphatic heterocycles. The van der Waals surface area contributed by atoms with Crippen molar-refractivity contribution in [2.24, 2.45) is 5.92 Å². The normalized spacial score (nSPS) is 17.0. The second kappa shape index (κ2) is 9.09. The monoisotopic (exact) mass is 389 g/mol. The summed E-state index contributed by atoms with van der Waals surface area (Å²) in [5, 5.41) is 8.11. The van der Waals surface area contributed by atoms with E-state index in [-0.39, 0.29) is 0 Å². The molecule has 1 atom stereocenters. The highest BCUT2D eigenvalue weighted by Crippen LogP contribution is 2.28. The first-order valence-electron chi connectivity index (χ1n) is 8.77. The maximum absolute atomic E-state index is 5.28. The van der Waals surface area contributed by atoms with Gasteiger partial charge in [0.1, 0.15) is 10.8 Å². The van der Waals surface area contributed by atoms with Crippen LogP contribution >= 0.6 is 24.0 Å². The van der Waals surface area contributed by atoms with Crippen LogP contribution in [0.3, 0.4) is 0 Å². The first-order valence-corrected chi connectivity index (χ1v) is 10.00. The first-order chi connectivity index (χ1) is 12.6. The molecule has 3 heterocycles. The number of nitrogens with zero attached hydrogens (tertiary/aromatic N) is 5. The SMILES string of the molecule is CCNC(=S)Nc1nc(Sc2ncccn2)cc(N2CCC[C@@H](C)C2)n1. The van der Waals surface area contributed by atoms with Gasteiger partial charge in [0, 0.05) is 38.1 Å². The molecule has 7 nitrogen and oxygen atoms in total. The topological polar surface area (TPSA) is 78.9 Å². The molecule has 2 aromatic heterocycles. The number of hydrogen-bond acceptors (Lipinski definition) is 7. The number of hydrogen-bond donors (Lipinski definition) is 2. The largest absolute Gasteiger partial charge is 0.363 e. The van der Waals surface area contributed by atoms with Crippen LogP contribution in [0.4, 0.5) is 11.8 Å². The van der Waals surface area contributed by atoms with Crippen molar-refractivity contribution in [3.05, 3.63) is 24.5 Å². The Balaban J connectivity index is 1.86. The minimum atomic E-state index is 0.491. The quantitative estimate of drug-likeness (QED) is 0.456. The summed E-state index contributed by atoms with van der Waals surface area (Å²) in [6.45, 7) is 7.02. The van der Waals surface area contributed by atoms with E-state index in [0.29, 0.717) is 22.1 Å². The molecule has 0 spiro atoms. The lowest BCUT2D eigenvalue weighted by Gasteiger charge is -2.32. The fourth-order valence-electron chi connectivity index (χ4n) is 2.82.